The van der Waals surface area contributed by atoms with Crippen LogP contribution in [0.25, 0.3) is 0 Å². The molecule has 2 rings (SSSR count). The minimum Gasteiger partial charge on any atom is -0.494 e. The van der Waals surface area contributed by atoms with E-state index in [4.69, 9.17) is 9.47 Å². The van der Waals surface area contributed by atoms with Gasteiger partial charge in [0.05, 0.1) is 19.3 Å². The van der Waals surface area contributed by atoms with Crippen molar-refractivity contribution < 1.29 is 14.3 Å². The lowest BCUT2D eigenvalue weighted by Crippen LogP contribution is -2.26. The Balaban J connectivity index is 1.69. The summed E-state index contributed by atoms with van der Waals surface area (Å²) in [5, 5.41) is 3.02. The number of aryl methyl sites for hydroxylation is 1. The molecule has 0 aliphatic rings. The lowest BCUT2D eigenvalue weighted by molar-refractivity contribution is -0.121. The predicted molar refractivity (Wildman–Crippen MR) is 100 cm³/mol. The van der Waals surface area contributed by atoms with Crippen molar-refractivity contribution in [2.24, 2.45) is 0 Å². The largest absolute Gasteiger partial charge is 0.494 e. The van der Waals surface area contributed by atoms with Gasteiger partial charge < -0.3 is 14.8 Å². The molecule has 134 valence electrons. The lowest BCUT2D eigenvalue weighted by atomic mass is 10.1. The number of amides is 1. The van der Waals surface area contributed by atoms with Gasteiger partial charge in [0.1, 0.15) is 11.5 Å². The van der Waals surface area contributed by atoms with E-state index in [2.05, 4.69) is 5.32 Å². The molecule has 0 unspecified atom stereocenters. The highest BCUT2D eigenvalue weighted by Crippen LogP contribution is 2.18. The smallest absolute Gasteiger partial charge is 0.220 e. The van der Waals surface area contributed by atoms with Crippen LogP contribution in [0.1, 0.15) is 43.9 Å². The molecule has 0 fully saturated rings. The third-order valence-corrected chi connectivity index (χ3v) is 3.91. The van der Waals surface area contributed by atoms with Gasteiger partial charge in [-0.3, -0.25) is 4.79 Å². The fourth-order valence-corrected chi connectivity index (χ4v) is 2.47. The first-order chi connectivity index (χ1) is 12.1. The predicted octanol–water partition coefficient (Wildman–Crippen LogP) is 4.43. The summed E-state index contributed by atoms with van der Waals surface area (Å²) in [5.74, 6) is 1.72. The van der Waals surface area contributed by atoms with Crippen molar-refractivity contribution in [3.8, 4) is 11.5 Å². The van der Waals surface area contributed by atoms with Gasteiger partial charge >= 0.3 is 0 Å². The molecule has 0 aromatic heterocycles. The maximum atomic E-state index is 12.1. The van der Waals surface area contributed by atoms with E-state index < -0.39 is 0 Å². The van der Waals surface area contributed by atoms with E-state index in [1.54, 1.807) is 0 Å². The molecule has 0 saturated heterocycles. The van der Waals surface area contributed by atoms with Gasteiger partial charge in [-0.05, 0) is 57.0 Å². The molecule has 0 aliphatic carbocycles. The zero-order valence-electron chi connectivity index (χ0n) is 15.2. The van der Waals surface area contributed by atoms with E-state index in [0.29, 0.717) is 26.1 Å². The zero-order chi connectivity index (χ0) is 18.1. The number of carbonyl (C=O) groups is 1. The second-order valence-corrected chi connectivity index (χ2v) is 6.06. The van der Waals surface area contributed by atoms with Gasteiger partial charge in [0.25, 0.3) is 0 Å². The normalized spacial score (nSPS) is 11.6. The van der Waals surface area contributed by atoms with Gasteiger partial charge in [0, 0.05) is 6.42 Å². The summed E-state index contributed by atoms with van der Waals surface area (Å²) in [4.78, 5) is 12.1. The molecule has 1 atom stereocenters. The van der Waals surface area contributed by atoms with Crippen LogP contribution in [0, 0.1) is 6.92 Å². The van der Waals surface area contributed by atoms with Gasteiger partial charge in [-0.2, -0.15) is 0 Å². The van der Waals surface area contributed by atoms with Crippen LogP contribution in [0.15, 0.2) is 48.5 Å². The SMILES string of the molecule is CCOc1ccc([C@H](C)NC(=O)CCCOc2ccc(C)cc2)cc1. The second-order valence-electron chi connectivity index (χ2n) is 6.06. The van der Waals surface area contributed by atoms with Crippen molar-refractivity contribution in [3.05, 3.63) is 59.7 Å². The van der Waals surface area contributed by atoms with E-state index in [1.807, 2.05) is 69.3 Å². The topological polar surface area (TPSA) is 47.6 Å². The molecule has 0 bridgehead atoms. The first kappa shape index (κ1) is 18.8. The standard InChI is InChI=1S/C21H27NO3/c1-4-24-19-13-9-18(10-14-19)17(3)22-21(23)6-5-15-25-20-11-7-16(2)8-12-20/h7-14,17H,4-6,15H2,1-3H3,(H,22,23)/t17-/m0/s1. The maximum Gasteiger partial charge on any atom is 0.220 e. The molecular weight excluding hydrogens is 314 g/mol. The Morgan fingerprint density at radius 2 is 1.60 bits per heavy atom. The molecule has 0 saturated carbocycles. The van der Waals surface area contributed by atoms with Crippen molar-refractivity contribution >= 4 is 5.91 Å². The van der Waals surface area contributed by atoms with Gasteiger partial charge in [-0.25, -0.2) is 0 Å². The first-order valence-corrected chi connectivity index (χ1v) is 8.80. The highest BCUT2D eigenvalue weighted by Gasteiger charge is 2.09. The van der Waals surface area contributed by atoms with Crippen molar-refractivity contribution in [3.63, 3.8) is 0 Å². The number of benzene rings is 2. The van der Waals surface area contributed by atoms with Gasteiger partial charge in [-0.15, -0.1) is 0 Å². The second kappa shape index (κ2) is 9.72. The third kappa shape index (κ3) is 6.49. The Kier molecular flexibility index (Phi) is 7.33. The fraction of sp³-hybridized carbons (Fsp3) is 0.381. The number of rotatable bonds is 9. The molecule has 1 amide bonds. The van der Waals surface area contributed by atoms with Crippen LogP contribution in [0.3, 0.4) is 0 Å². The Bertz CT molecular complexity index is 650. The maximum absolute atomic E-state index is 12.1. The van der Waals surface area contributed by atoms with Crippen LogP contribution in [0.4, 0.5) is 0 Å². The Labute approximate surface area is 150 Å². The van der Waals surface area contributed by atoms with Gasteiger partial charge in [0.2, 0.25) is 5.91 Å². The molecule has 0 aliphatic heterocycles. The summed E-state index contributed by atoms with van der Waals surface area (Å²) in [6.07, 6.45) is 1.14. The molecule has 25 heavy (non-hydrogen) atoms. The zero-order valence-corrected chi connectivity index (χ0v) is 15.2. The van der Waals surface area contributed by atoms with Gasteiger partial charge in [0.15, 0.2) is 0 Å². The number of hydrogen-bond acceptors (Lipinski definition) is 3. The summed E-state index contributed by atoms with van der Waals surface area (Å²) in [7, 11) is 0. The molecule has 4 nitrogen and oxygen atoms in total. The van der Waals surface area contributed by atoms with Crippen molar-refractivity contribution in [2.75, 3.05) is 13.2 Å². The van der Waals surface area contributed by atoms with Crippen molar-refractivity contribution in [1.82, 2.24) is 5.32 Å². The van der Waals surface area contributed by atoms with Crippen LogP contribution < -0.4 is 14.8 Å². The van der Waals surface area contributed by atoms with Crippen LogP contribution in [-0.4, -0.2) is 19.1 Å². The molecular formula is C21H27NO3. The molecule has 2 aromatic rings. The summed E-state index contributed by atoms with van der Waals surface area (Å²) in [6, 6.07) is 15.7. The molecule has 0 spiro atoms. The molecule has 1 N–H and O–H groups in total. The van der Waals surface area contributed by atoms with E-state index in [1.165, 1.54) is 5.56 Å². The average Bonchev–Trinajstić information content (AvgIpc) is 2.61. The average molecular weight is 341 g/mol. The van der Waals surface area contributed by atoms with Crippen molar-refractivity contribution in [1.29, 1.82) is 0 Å². The Morgan fingerprint density at radius 1 is 1.00 bits per heavy atom. The molecule has 0 radical (unpaired) electrons. The van der Waals surface area contributed by atoms with Gasteiger partial charge in [-0.1, -0.05) is 29.8 Å². The first-order valence-electron chi connectivity index (χ1n) is 8.80. The van der Waals surface area contributed by atoms with E-state index >= 15 is 0 Å². The number of nitrogens with one attached hydrogen (secondary N) is 1. The molecule has 4 heteroatoms. The molecule has 0 heterocycles. The Morgan fingerprint density at radius 3 is 2.24 bits per heavy atom. The highest BCUT2D eigenvalue weighted by molar-refractivity contribution is 5.76. The van der Waals surface area contributed by atoms with Crippen LogP contribution in [0.5, 0.6) is 11.5 Å². The van der Waals surface area contributed by atoms with Crippen molar-refractivity contribution in [2.45, 2.75) is 39.7 Å². The Hall–Kier alpha value is -2.49. The minimum atomic E-state index is -0.0267. The molecule has 2 aromatic carbocycles. The summed E-state index contributed by atoms with van der Waals surface area (Å²) >= 11 is 0. The number of carbonyl (C=O) groups excluding carboxylic acids is 1. The van der Waals surface area contributed by atoms with Crippen LogP contribution in [0.2, 0.25) is 0 Å². The third-order valence-electron chi connectivity index (χ3n) is 3.91. The summed E-state index contributed by atoms with van der Waals surface area (Å²) < 4.78 is 11.1. The monoisotopic (exact) mass is 341 g/mol. The summed E-state index contributed by atoms with van der Waals surface area (Å²) in [6.45, 7) is 7.17. The minimum absolute atomic E-state index is 0.0267. The summed E-state index contributed by atoms with van der Waals surface area (Å²) in [5.41, 5.74) is 2.27. The van der Waals surface area contributed by atoms with Crippen LogP contribution >= 0.6 is 0 Å². The quantitative estimate of drug-likeness (QED) is 0.686. The number of ether oxygens (including phenoxy) is 2. The highest BCUT2D eigenvalue weighted by atomic mass is 16.5. The fourth-order valence-electron chi connectivity index (χ4n) is 2.47. The van der Waals surface area contributed by atoms with E-state index in [-0.39, 0.29) is 11.9 Å². The lowest BCUT2D eigenvalue weighted by Gasteiger charge is -2.15. The van der Waals surface area contributed by atoms with E-state index in [9.17, 15) is 4.79 Å². The van der Waals surface area contributed by atoms with E-state index in [0.717, 1.165) is 17.1 Å². The van der Waals surface area contributed by atoms with Crippen LogP contribution in [-0.2, 0) is 4.79 Å². The number of hydrogen-bond donors (Lipinski definition) is 1.